The van der Waals surface area contributed by atoms with Crippen LogP contribution in [0.4, 0.5) is 17.1 Å². The molecule has 0 aliphatic heterocycles. The first kappa shape index (κ1) is 27.0. The lowest BCUT2D eigenvalue weighted by Crippen LogP contribution is -2.15. The van der Waals surface area contributed by atoms with Gasteiger partial charge in [0, 0.05) is 50.0 Å². The van der Waals surface area contributed by atoms with E-state index in [1.807, 2.05) is 42.5 Å². The number of hydrogen-bond donors (Lipinski definition) is 0. The number of para-hydroxylation sites is 1. The highest BCUT2D eigenvalue weighted by atomic mass is 16.3. The summed E-state index contributed by atoms with van der Waals surface area (Å²) in [6.07, 6.45) is 0. The molecule has 0 radical (unpaired) electrons. The molecule has 0 atom stereocenters. The highest BCUT2D eigenvalue weighted by Gasteiger charge is 2.35. The fourth-order valence-corrected chi connectivity index (χ4v) is 7.75. The van der Waals surface area contributed by atoms with Gasteiger partial charge < -0.3 is 13.7 Å². The summed E-state index contributed by atoms with van der Waals surface area (Å²) in [5.74, 6) is 0.621. The Bertz CT molecular complexity index is 2720. The van der Waals surface area contributed by atoms with Crippen LogP contribution in [0, 0.1) is 0 Å². The Labute approximate surface area is 277 Å². The van der Waals surface area contributed by atoms with Crippen LogP contribution in [0.5, 0.6) is 0 Å². The third-order valence-corrected chi connectivity index (χ3v) is 10.1. The van der Waals surface area contributed by atoms with Gasteiger partial charge in [0.1, 0.15) is 16.7 Å². The van der Waals surface area contributed by atoms with Crippen LogP contribution < -0.4 is 4.90 Å². The first-order valence-electron chi connectivity index (χ1n) is 16.4. The Balaban J connectivity index is 1.22. The molecule has 0 saturated heterocycles. The molecular weight excluding hydrogens is 588 g/mol. The summed E-state index contributed by atoms with van der Waals surface area (Å²) in [7, 11) is 0. The van der Waals surface area contributed by atoms with E-state index in [2.05, 4.69) is 122 Å². The second kappa shape index (κ2) is 9.93. The number of nitrogens with zero attached hydrogens (tertiary/aromatic N) is 2. The Morgan fingerprint density at radius 2 is 1.23 bits per heavy atom. The van der Waals surface area contributed by atoms with Crippen molar-refractivity contribution in [2.45, 2.75) is 19.3 Å². The monoisotopic (exact) mass is 618 g/mol. The van der Waals surface area contributed by atoms with Gasteiger partial charge in [-0.25, -0.2) is 4.98 Å². The number of benzene rings is 7. The van der Waals surface area contributed by atoms with E-state index in [-0.39, 0.29) is 5.41 Å². The lowest BCUT2D eigenvalue weighted by molar-refractivity contribution is 0.623. The summed E-state index contributed by atoms with van der Waals surface area (Å²) in [5, 5.41) is 4.32. The molecular formula is C44H30N2O2. The molecule has 4 heteroatoms. The summed E-state index contributed by atoms with van der Waals surface area (Å²) >= 11 is 0. The first-order valence-corrected chi connectivity index (χ1v) is 16.4. The predicted molar refractivity (Wildman–Crippen MR) is 196 cm³/mol. The average Bonchev–Trinajstić information content (AvgIpc) is 3.80. The van der Waals surface area contributed by atoms with E-state index in [0.717, 1.165) is 66.4 Å². The van der Waals surface area contributed by atoms with Crippen molar-refractivity contribution in [2.75, 3.05) is 4.90 Å². The molecule has 0 saturated carbocycles. The molecule has 228 valence electrons. The Morgan fingerprint density at radius 1 is 0.521 bits per heavy atom. The Hall–Kier alpha value is -6.13. The van der Waals surface area contributed by atoms with Crippen LogP contribution in [0.3, 0.4) is 0 Å². The summed E-state index contributed by atoms with van der Waals surface area (Å²) in [6.45, 7) is 4.64. The van der Waals surface area contributed by atoms with Crippen LogP contribution in [-0.2, 0) is 5.41 Å². The third-order valence-electron chi connectivity index (χ3n) is 10.1. The molecule has 48 heavy (non-hydrogen) atoms. The molecule has 9 aromatic rings. The second-order valence-corrected chi connectivity index (χ2v) is 13.2. The van der Waals surface area contributed by atoms with Gasteiger partial charge in [-0.1, -0.05) is 92.7 Å². The van der Waals surface area contributed by atoms with Gasteiger partial charge in [-0.2, -0.15) is 0 Å². The second-order valence-electron chi connectivity index (χ2n) is 13.2. The predicted octanol–water partition coefficient (Wildman–Crippen LogP) is 12.3. The smallest absolute Gasteiger partial charge is 0.227 e. The maximum absolute atomic E-state index is 6.48. The summed E-state index contributed by atoms with van der Waals surface area (Å²) < 4.78 is 12.9. The minimum Gasteiger partial charge on any atom is -0.456 e. The van der Waals surface area contributed by atoms with E-state index >= 15 is 0 Å². The molecule has 2 aromatic heterocycles. The van der Waals surface area contributed by atoms with Crippen molar-refractivity contribution in [1.29, 1.82) is 0 Å². The molecule has 0 spiro atoms. The number of rotatable bonds is 4. The molecule has 0 bridgehead atoms. The highest BCUT2D eigenvalue weighted by Crippen LogP contribution is 2.51. The molecule has 4 nitrogen and oxygen atoms in total. The van der Waals surface area contributed by atoms with Crippen molar-refractivity contribution in [1.82, 2.24) is 4.98 Å². The van der Waals surface area contributed by atoms with Crippen molar-refractivity contribution >= 4 is 60.9 Å². The number of anilines is 3. The normalized spacial score (nSPS) is 13.4. The molecule has 1 aliphatic carbocycles. The number of fused-ring (bicyclic) bond motifs is 9. The summed E-state index contributed by atoms with van der Waals surface area (Å²) in [4.78, 5) is 7.21. The standard InChI is InChI=1S/C44H30N2O2/c1-44(2)36-16-8-6-13-30(36)35-25-28(20-23-37(35)44)46(29-19-21-33-32-14-7-9-18-40(32)47-41(33)26-29)39-17-10-15-34-31(39)22-24-38-42(34)48-43(45-38)27-11-4-3-5-12-27/h3-26H,1-2H3. The quantitative estimate of drug-likeness (QED) is 0.197. The van der Waals surface area contributed by atoms with Gasteiger partial charge in [0.25, 0.3) is 0 Å². The number of furan rings is 1. The van der Waals surface area contributed by atoms with Crippen molar-refractivity contribution in [2.24, 2.45) is 0 Å². The zero-order valence-electron chi connectivity index (χ0n) is 26.6. The fourth-order valence-electron chi connectivity index (χ4n) is 7.75. The van der Waals surface area contributed by atoms with Crippen molar-refractivity contribution < 1.29 is 8.83 Å². The zero-order chi connectivity index (χ0) is 32.0. The van der Waals surface area contributed by atoms with Crippen LogP contribution in [0.2, 0.25) is 0 Å². The minimum atomic E-state index is -0.0731. The summed E-state index contributed by atoms with van der Waals surface area (Å²) in [6, 6.07) is 51.2. The first-order chi connectivity index (χ1) is 23.5. The number of hydrogen-bond acceptors (Lipinski definition) is 4. The van der Waals surface area contributed by atoms with E-state index < -0.39 is 0 Å². The molecule has 0 unspecified atom stereocenters. The largest absolute Gasteiger partial charge is 0.456 e. The van der Waals surface area contributed by atoms with Gasteiger partial charge in [-0.05, 0) is 82.9 Å². The van der Waals surface area contributed by atoms with Crippen LogP contribution in [0.25, 0.3) is 66.4 Å². The molecule has 7 aromatic carbocycles. The van der Waals surface area contributed by atoms with Crippen LogP contribution in [-0.4, -0.2) is 4.98 Å². The van der Waals surface area contributed by atoms with Gasteiger partial charge in [-0.15, -0.1) is 0 Å². The topological polar surface area (TPSA) is 42.4 Å². The molecule has 10 rings (SSSR count). The Morgan fingerprint density at radius 3 is 2.15 bits per heavy atom. The van der Waals surface area contributed by atoms with Crippen LogP contribution >= 0.6 is 0 Å². The third kappa shape index (κ3) is 3.86. The summed E-state index contributed by atoms with van der Waals surface area (Å²) in [5.41, 5.74) is 12.7. The van der Waals surface area contributed by atoms with E-state index in [9.17, 15) is 0 Å². The molecule has 2 heterocycles. The minimum absolute atomic E-state index is 0.0731. The SMILES string of the molecule is CC1(C)c2ccccc2-c2cc(N(c3ccc4c(c3)oc3ccccc34)c3cccc4c3ccc3nc(-c5ccccc5)oc34)ccc21. The van der Waals surface area contributed by atoms with Crippen molar-refractivity contribution in [3.05, 3.63) is 157 Å². The zero-order valence-corrected chi connectivity index (χ0v) is 26.6. The van der Waals surface area contributed by atoms with Gasteiger partial charge in [0.15, 0.2) is 5.58 Å². The van der Waals surface area contributed by atoms with E-state index in [4.69, 9.17) is 13.8 Å². The van der Waals surface area contributed by atoms with E-state index in [1.54, 1.807) is 0 Å². The van der Waals surface area contributed by atoms with Gasteiger partial charge in [-0.3, -0.25) is 0 Å². The van der Waals surface area contributed by atoms with Crippen LogP contribution in [0.15, 0.2) is 154 Å². The van der Waals surface area contributed by atoms with Gasteiger partial charge >= 0.3 is 0 Å². The number of aromatic nitrogens is 1. The van der Waals surface area contributed by atoms with E-state index in [1.165, 1.54) is 22.3 Å². The van der Waals surface area contributed by atoms with Gasteiger partial charge in [0.2, 0.25) is 5.89 Å². The van der Waals surface area contributed by atoms with Crippen molar-refractivity contribution in [3.63, 3.8) is 0 Å². The van der Waals surface area contributed by atoms with E-state index in [0.29, 0.717) is 5.89 Å². The highest BCUT2D eigenvalue weighted by molar-refractivity contribution is 6.11. The fraction of sp³-hybridized carbons (Fsp3) is 0.0682. The van der Waals surface area contributed by atoms with Gasteiger partial charge in [0.05, 0.1) is 5.69 Å². The van der Waals surface area contributed by atoms with Crippen LogP contribution in [0.1, 0.15) is 25.0 Å². The lowest BCUT2D eigenvalue weighted by atomic mass is 9.82. The maximum Gasteiger partial charge on any atom is 0.227 e. The number of oxazole rings is 1. The molecule has 0 fully saturated rings. The molecule has 0 N–H and O–H groups in total. The Kier molecular flexibility index (Phi) is 5.59. The maximum atomic E-state index is 6.48. The molecule has 1 aliphatic rings. The lowest BCUT2D eigenvalue weighted by Gasteiger charge is -2.28. The van der Waals surface area contributed by atoms with Crippen molar-refractivity contribution in [3.8, 4) is 22.6 Å². The average molecular weight is 619 g/mol. The molecule has 0 amide bonds.